The Kier molecular flexibility index (Phi) is 4.89. The molecule has 0 radical (unpaired) electrons. The Bertz CT molecular complexity index is 756. The maximum atomic E-state index is 12.8. The molecule has 0 aliphatic heterocycles. The van der Waals surface area contributed by atoms with Crippen molar-refractivity contribution in [3.05, 3.63) is 65.5 Å². The molecule has 0 atom stereocenters. The van der Waals surface area contributed by atoms with E-state index in [4.69, 9.17) is 5.14 Å². The van der Waals surface area contributed by atoms with E-state index in [1.165, 1.54) is 12.1 Å². The molecular formula is C15H15FN2O3S. The van der Waals surface area contributed by atoms with Gasteiger partial charge in [-0.15, -0.1) is 0 Å². The van der Waals surface area contributed by atoms with Crippen molar-refractivity contribution in [1.29, 1.82) is 0 Å². The van der Waals surface area contributed by atoms with Gasteiger partial charge in [0, 0.05) is 5.69 Å². The van der Waals surface area contributed by atoms with Crippen LogP contribution in [0.1, 0.15) is 11.1 Å². The second-order valence-electron chi connectivity index (χ2n) is 4.86. The highest BCUT2D eigenvalue weighted by Crippen LogP contribution is 2.12. The zero-order valence-electron chi connectivity index (χ0n) is 11.6. The summed E-state index contributed by atoms with van der Waals surface area (Å²) in [4.78, 5) is 11.9. The Morgan fingerprint density at radius 1 is 1.00 bits per heavy atom. The minimum Gasteiger partial charge on any atom is -0.326 e. The average molecular weight is 322 g/mol. The Morgan fingerprint density at radius 3 is 2.09 bits per heavy atom. The molecule has 0 bridgehead atoms. The number of rotatable bonds is 5. The second kappa shape index (κ2) is 6.67. The van der Waals surface area contributed by atoms with E-state index in [1.807, 2.05) is 0 Å². The molecule has 0 aliphatic carbocycles. The fourth-order valence-electron chi connectivity index (χ4n) is 1.91. The fourth-order valence-corrected chi connectivity index (χ4v) is 2.57. The van der Waals surface area contributed by atoms with E-state index in [9.17, 15) is 17.6 Å². The van der Waals surface area contributed by atoms with Gasteiger partial charge in [0.2, 0.25) is 15.9 Å². The second-order valence-corrected chi connectivity index (χ2v) is 6.47. The number of primary sulfonamides is 1. The molecule has 2 aromatic rings. The van der Waals surface area contributed by atoms with Crippen molar-refractivity contribution in [2.24, 2.45) is 5.14 Å². The van der Waals surface area contributed by atoms with Crippen LogP contribution >= 0.6 is 0 Å². The summed E-state index contributed by atoms with van der Waals surface area (Å²) in [5, 5.41) is 7.64. The molecule has 0 heterocycles. The zero-order valence-corrected chi connectivity index (χ0v) is 12.4. The highest BCUT2D eigenvalue weighted by molar-refractivity contribution is 7.88. The number of carbonyl (C=O) groups excluding carboxylic acids is 1. The van der Waals surface area contributed by atoms with Gasteiger partial charge in [0.25, 0.3) is 0 Å². The Hall–Kier alpha value is -2.25. The highest BCUT2D eigenvalue weighted by atomic mass is 32.2. The summed E-state index contributed by atoms with van der Waals surface area (Å²) in [6, 6.07) is 12.0. The van der Waals surface area contributed by atoms with Crippen molar-refractivity contribution in [2.45, 2.75) is 12.2 Å². The molecule has 0 aromatic heterocycles. The summed E-state index contributed by atoms with van der Waals surface area (Å²) < 4.78 is 34.7. The molecule has 0 saturated carbocycles. The van der Waals surface area contributed by atoms with Gasteiger partial charge in [0.05, 0.1) is 12.2 Å². The number of nitrogens with two attached hydrogens (primary N) is 1. The van der Waals surface area contributed by atoms with E-state index in [2.05, 4.69) is 5.32 Å². The van der Waals surface area contributed by atoms with Crippen molar-refractivity contribution >= 4 is 21.6 Å². The highest BCUT2D eigenvalue weighted by Gasteiger charge is 2.07. The number of amides is 1. The maximum absolute atomic E-state index is 12.8. The molecule has 2 aromatic carbocycles. The number of hydrogen-bond acceptors (Lipinski definition) is 3. The molecule has 22 heavy (non-hydrogen) atoms. The summed E-state index contributed by atoms with van der Waals surface area (Å²) in [6.07, 6.45) is 0.124. The SMILES string of the molecule is NS(=O)(=O)Cc1ccc(NC(=O)Cc2ccc(F)cc2)cc1. The molecule has 0 aliphatic rings. The summed E-state index contributed by atoms with van der Waals surface area (Å²) >= 11 is 0. The standard InChI is InChI=1S/C15H15FN2O3S/c16-13-5-1-11(2-6-13)9-15(19)18-14-7-3-12(4-8-14)10-22(17,20)21/h1-8H,9-10H2,(H,18,19)(H2,17,20,21). The quantitative estimate of drug-likeness (QED) is 0.879. The predicted molar refractivity (Wildman–Crippen MR) is 82.0 cm³/mol. The lowest BCUT2D eigenvalue weighted by Gasteiger charge is -2.06. The lowest BCUT2D eigenvalue weighted by molar-refractivity contribution is -0.115. The minimum absolute atomic E-state index is 0.124. The van der Waals surface area contributed by atoms with E-state index in [0.29, 0.717) is 16.8 Å². The zero-order chi connectivity index (χ0) is 16.2. The van der Waals surface area contributed by atoms with Crippen molar-refractivity contribution in [3.63, 3.8) is 0 Å². The largest absolute Gasteiger partial charge is 0.326 e. The number of hydrogen-bond donors (Lipinski definition) is 2. The van der Waals surface area contributed by atoms with E-state index >= 15 is 0 Å². The predicted octanol–water partition coefficient (Wildman–Crippen LogP) is 1.80. The number of anilines is 1. The number of nitrogens with one attached hydrogen (secondary N) is 1. The van der Waals surface area contributed by atoms with Gasteiger partial charge in [-0.2, -0.15) is 0 Å². The van der Waals surface area contributed by atoms with Gasteiger partial charge in [-0.25, -0.2) is 17.9 Å². The molecule has 3 N–H and O–H groups in total. The van der Waals surface area contributed by atoms with Gasteiger partial charge in [-0.3, -0.25) is 4.79 Å². The van der Waals surface area contributed by atoms with Crippen molar-refractivity contribution in [3.8, 4) is 0 Å². The lowest BCUT2D eigenvalue weighted by Crippen LogP contribution is -2.15. The van der Waals surface area contributed by atoms with Crippen molar-refractivity contribution in [1.82, 2.24) is 0 Å². The van der Waals surface area contributed by atoms with E-state index in [0.717, 1.165) is 0 Å². The first kappa shape index (κ1) is 16.1. The molecule has 116 valence electrons. The summed E-state index contributed by atoms with van der Waals surface area (Å²) in [7, 11) is -3.58. The average Bonchev–Trinajstić information content (AvgIpc) is 2.42. The van der Waals surface area contributed by atoms with Crippen LogP contribution in [0.15, 0.2) is 48.5 Å². The topological polar surface area (TPSA) is 89.3 Å². The first-order valence-corrected chi connectivity index (χ1v) is 8.17. The third-order valence-corrected chi connectivity index (χ3v) is 3.62. The van der Waals surface area contributed by atoms with Crippen LogP contribution in [0.3, 0.4) is 0 Å². The third-order valence-electron chi connectivity index (χ3n) is 2.88. The van der Waals surface area contributed by atoms with E-state index in [1.54, 1.807) is 36.4 Å². The molecule has 0 spiro atoms. The van der Waals surface area contributed by atoms with Gasteiger partial charge < -0.3 is 5.32 Å². The number of carbonyl (C=O) groups is 1. The number of benzene rings is 2. The smallest absolute Gasteiger partial charge is 0.228 e. The van der Waals surface area contributed by atoms with Crippen molar-refractivity contribution in [2.75, 3.05) is 5.32 Å². The van der Waals surface area contributed by atoms with Crippen LogP contribution in [0, 0.1) is 5.82 Å². The number of halogens is 1. The molecule has 7 heteroatoms. The minimum atomic E-state index is -3.58. The fraction of sp³-hybridized carbons (Fsp3) is 0.133. The summed E-state index contributed by atoms with van der Waals surface area (Å²) in [5.74, 6) is -0.850. The van der Waals surface area contributed by atoms with Crippen LogP contribution in [0.25, 0.3) is 0 Å². The Labute approximate surface area is 128 Å². The Morgan fingerprint density at radius 2 is 1.55 bits per heavy atom. The third kappa shape index (κ3) is 5.27. The monoisotopic (exact) mass is 322 g/mol. The van der Waals surface area contributed by atoms with Gasteiger partial charge in [-0.05, 0) is 35.4 Å². The van der Waals surface area contributed by atoms with Gasteiger partial charge in [0.15, 0.2) is 0 Å². The molecule has 5 nitrogen and oxygen atoms in total. The molecule has 0 saturated heterocycles. The van der Waals surface area contributed by atoms with Crippen LogP contribution in [-0.2, 0) is 27.0 Å². The van der Waals surface area contributed by atoms with Crippen LogP contribution in [0.2, 0.25) is 0 Å². The molecule has 0 fully saturated rings. The maximum Gasteiger partial charge on any atom is 0.228 e. The van der Waals surface area contributed by atoms with Crippen LogP contribution in [-0.4, -0.2) is 14.3 Å². The first-order chi connectivity index (χ1) is 10.3. The summed E-state index contributed by atoms with van der Waals surface area (Å²) in [5.41, 5.74) is 1.79. The normalized spacial score (nSPS) is 11.2. The van der Waals surface area contributed by atoms with Crippen LogP contribution in [0.4, 0.5) is 10.1 Å². The van der Waals surface area contributed by atoms with E-state index < -0.39 is 10.0 Å². The van der Waals surface area contributed by atoms with E-state index in [-0.39, 0.29) is 23.9 Å². The van der Waals surface area contributed by atoms with Crippen LogP contribution < -0.4 is 10.5 Å². The Balaban J connectivity index is 1.95. The number of sulfonamides is 1. The van der Waals surface area contributed by atoms with Crippen molar-refractivity contribution < 1.29 is 17.6 Å². The van der Waals surface area contributed by atoms with Gasteiger partial charge in [0.1, 0.15) is 5.82 Å². The molecule has 2 rings (SSSR count). The summed E-state index contributed by atoms with van der Waals surface area (Å²) in [6.45, 7) is 0. The molecule has 1 amide bonds. The first-order valence-electron chi connectivity index (χ1n) is 6.45. The van der Waals surface area contributed by atoms with Gasteiger partial charge >= 0.3 is 0 Å². The lowest BCUT2D eigenvalue weighted by atomic mass is 10.1. The molecule has 0 unspecified atom stereocenters. The molecular weight excluding hydrogens is 307 g/mol. The van der Waals surface area contributed by atoms with Gasteiger partial charge in [-0.1, -0.05) is 24.3 Å². The van der Waals surface area contributed by atoms with Crippen LogP contribution in [0.5, 0.6) is 0 Å².